The number of carboxylic acid groups (broad SMARTS) is 1. The van der Waals surface area contributed by atoms with Crippen molar-refractivity contribution in [2.75, 3.05) is 12.8 Å². The number of nitrogens with two attached hydrogens (primary N) is 1. The normalized spacial score (nSPS) is 10.8. The Balaban J connectivity index is 2.22. The van der Waals surface area contributed by atoms with Crippen LogP contribution in [0.1, 0.15) is 10.4 Å². The first-order valence-corrected chi connectivity index (χ1v) is 6.22. The summed E-state index contributed by atoms with van der Waals surface area (Å²) in [4.78, 5) is 15.2. The van der Waals surface area contributed by atoms with E-state index >= 15 is 0 Å². The van der Waals surface area contributed by atoms with Crippen LogP contribution in [0.15, 0.2) is 30.5 Å². The summed E-state index contributed by atoms with van der Waals surface area (Å²) in [7, 11) is 1.37. The average Bonchev–Trinajstić information content (AvgIpc) is 2.85. The molecule has 0 unspecified atom stereocenters. The second kappa shape index (κ2) is 4.99. The van der Waals surface area contributed by atoms with Crippen LogP contribution in [0.2, 0.25) is 0 Å². The number of rotatable bonds is 3. The number of aromatic nitrogens is 3. The van der Waals surface area contributed by atoms with Crippen molar-refractivity contribution in [3.05, 3.63) is 41.8 Å². The first-order valence-electron chi connectivity index (χ1n) is 6.22. The van der Waals surface area contributed by atoms with Crippen molar-refractivity contribution in [2.45, 2.75) is 0 Å². The monoisotopic (exact) mass is 302 g/mol. The number of carbonyl (C=O) groups is 1. The van der Waals surface area contributed by atoms with Gasteiger partial charge in [-0.2, -0.15) is 4.98 Å². The van der Waals surface area contributed by atoms with E-state index in [0.717, 1.165) is 0 Å². The summed E-state index contributed by atoms with van der Waals surface area (Å²) < 4.78 is 19.9. The Bertz CT molecular complexity index is 891. The molecule has 2 aromatic heterocycles. The molecule has 22 heavy (non-hydrogen) atoms. The van der Waals surface area contributed by atoms with Crippen molar-refractivity contribution in [2.24, 2.45) is 0 Å². The fourth-order valence-corrected chi connectivity index (χ4v) is 2.16. The molecule has 3 N–H and O–H groups in total. The molecule has 1 aromatic carbocycles. The van der Waals surface area contributed by atoms with E-state index in [1.54, 1.807) is 6.07 Å². The van der Waals surface area contributed by atoms with Crippen molar-refractivity contribution in [1.29, 1.82) is 0 Å². The van der Waals surface area contributed by atoms with Crippen molar-refractivity contribution in [3.63, 3.8) is 0 Å². The fourth-order valence-electron chi connectivity index (χ4n) is 2.16. The van der Waals surface area contributed by atoms with Crippen LogP contribution in [0.5, 0.6) is 5.75 Å². The van der Waals surface area contributed by atoms with Crippen LogP contribution in [0.25, 0.3) is 16.8 Å². The molecule has 3 aromatic rings. The number of methoxy groups -OCH3 is 1. The third kappa shape index (κ3) is 2.20. The SMILES string of the molecule is COc1ccc(-c2cc(C(=O)O)c3nc(N)nn3c2)cc1F. The maximum absolute atomic E-state index is 13.8. The highest BCUT2D eigenvalue weighted by Gasteiger charge is 2.16. The molecule has 0 saturated heterocycles. The van der Waals surface area contributed by atoms with Gasteiger partial charge in [-0.25, -0.2) is 13.7 Å². The summed E-state index contributed by atoms with van der Waals surface area (Å²) >= 11 is 0. The molecule has 7 nitrogen and oxygen atoms in total. The van der Waals surface area contributed by atoms with Crippen LogP contribution in [0.3, 0.4) is 0 Å². The zero-order valence-electron chi connectivity index (χ0n) is 11.4. The quantitative estimate of drug-likeness (QED) is 0.765. The molecule has 0 bridgehead atoms. The van der Waals surface area contributed by atoms with E-state index in [4.69, 9.17) is 10.5 Å². The molecule has 112 valence electrons. The van der Waals surface area contributed by atoms with Crippen molar-refractivity contribution in [3.8, 4) is 16.9 Å². The summed E-state index contributed by atoms with van der Waals surface area (Å²) in [6, 6.07) is 5.74. The lowest BCUT2D eigenvalue weighted by Gasteiger charge is -2.07. The average molecular weight is 302 g/mol. The summed E-state index contributed by atoms with van der Waals surface area (Å²) in [6.07, 6.45) is 1.53. The van der Waals surface area contributed by atoms with Gasteiger partial charge in [0.25, 0.3) is 0 Å². The number of aromatic carboxylic acids is 1. The predicted octanol–water partition coefficient (Wildman–Crippen LogP) is 1.82. The number of pyridine rings is 1. The van der Waals surface area contributed by atoms with Crippen LogP contribution in [-0.4, -0.2) is 32.8 Å². The van der Waals surface area contributed by atoms with Crippen LogP contribution in [0.4, 0.5) is 10.3 Å². The minimum atomic E-state index is -1.17. The Hall–Kier alpha value is -3.16. The van der Waals surface area contributed by atoms with Gasteiger partial charge in [0.15, 0.2) is 17.2 Å². The Kier molecular flexibility index (Phi) is 3.13. The molecule has 0 fully saturated rings. The van der Waals surface area contributed by atoms with Gasteiger partial charge in [-0.15, -0.1) is 5.10 Å². The number of fused-ring (bicyclic) bond motifs is 1. The second-order valence-corrected chi connectivity index (χ2v) is 4.54. The smallest absolute Gasteiger partial charge is 0.339 e. The maximum atomic E-state index is 13.8. The van der Waals surface area contributed by atoms with Gasteiger partial charge < -0.3 is 15.6 Å². The Morgan fingerprint density at radius 3 is 2.77 bits per heavy atom. The third-order valence-corrected chi connectivity index (χ3v) is 3.17. The van der Waals surface area contributed by atoms with Crippen molar-refractivity contribution in [1.82, 2.24) is 14.6 Å². The molecule has 3 rings (SSSR count). The predicted molar refractivity (Wildman–Crippen MR) is 76.3 cm³/mol. The van der Waals surface area contributed by atoms with Gasteiger partial charge in [-0.1, -0.05) is 6.07 Å². The van der Waals surface area contributed by atoms with Crippen molar-refractivity contribution >= 4 is 17.6 Å². The number of carboxylic acids is 1. The van der Waals surface area contributed by atoms with Crippen LogP contribution in [0, 0.1) is 5.82 Å². The van der Waals surface area contributed by atoms with Crippen LogP contribution in [-0.2, 0) is 0 Å². The molecule has 0 aliphatic rings. The number of nitrogens with zero attached hydrogens (tertiary/aromatic N) is 3. The summed E-state index contributed by atoms with van der Waals surface area (Å²) in [6.45, 7) is 0. The van der Waals surface area contributed by atoms with Gasteiger partial charge in [0.1, 0.15) is 5.56 Å². The zero-order valence-corrected chi connectivity index (χ0v) is 11.4. The van der Waals surface area contributed by atoms with E-state index in [-0.39, 0.29) is 22.9 Å². The summed E-state index contributed by atoms with van der Waals surface area (Å²) in [5.41, 5.74) is 6.51. The topological polar surface area (TPSA) is 103 Å². The minimum Gasteiger partial charge on any atom is -0.494 e. The number of halogens is 1. The lowest BCUT2D eigenvalue weighted by atomic mass is 10.1. The molecule has 0 atom stereocenters. The van der Waals surface area contributed by atoms with Gasteiger partial charge in [-0.05, 0) is 23.8 Å². The number of hydrogen-bond acceptors (Lipinski definition) is 5. The van der Waals surface area contributed by atoms with Gasteiger partial charge >= 0.3 is 5.97 Å². The maximum Gasteiger partial charge on any atom is 0.339 e. The molecular weight excluding hydrogens is 291 g/mol. The Labute approximate surface area is 123 Å². The summed E-state index contributed by atoms with van der Waals surface area (Å²) in [5.74, 6) is -1.66. The van der Waals surface area contributed by atoms with Gasteiger partial charge in [0.2, 0.25) is 5.95 Å². The largest absolute Gasteiger partial charge is 0.494 e. The standard InChI is InChI=1S/C14H11FN4O3/c1-22-11-3-2-7(5-10(11)15)8-4-9(13(20)21)12-17-14(16)18-19(12)6-8/h2-6H,1H3,(H2,16,18)(H,20,21). The van der Waals surface area contributed by atoms with Crippen LogP contribution < -0.4 is 10.5 Å². The minimum absolute atomic E-state index is 0.0411. The molecule has 0 amide bonds. The molecule has 8 heteroatoms. The highest BCUT2D eigenvalue weighted by molar-refractivity contribution is 5.96. The molecule has 0 spiro atoms. The van der Waals surface area contributed by atoms with E-state index in [1.807, 2.05) is 0 Å². The molecule has 0 radical (unpaired) electrons. The molecule has 0 saturated carbocycles. The van der Waals surface area contributed by atoms with Gasteiger partial charge in [-0.3, -0.25) is 0 Å². The van der Waals surface area contributed by atoms with Crippen LogP contribution >= 0.6 is 0 Å². The number of nitrogen functional groups attached to an aromatic ring is 1. The highest BCUT2D eigenvalue weighted by atomic mass is 19.1. The van der Waals surface area contributed by atoms with Gasteiger partial charge in [0, 0.05) is 11.8 Å². The Morgan fingerprint density at radius 2 is 2.14 bits per heavy atom. The first-order chi connectivity index (χ1) is 10.5. The zero-order chi connectivity index (χ0) is 15.9. The second-order valence-electron chi connectivity index (χ2n) is 4.54. The lowest BCUT2D eigenvalue weighted by Crippen LogP contribution is -2.02. The Morgan fingerprint density at radius 1 is 1.36 bits per heavy atom. The highest BCUT2D eigenvalue weighted by Crippen LogP contribution is 2.27. The summed E-state index contributed by atoms with van der Waals surface area (Å²) in [5, 5.41) is 13.2. The molecular formula is C14H11FN4O3. The lowest BCUT2D eigenvalue weighted by molar-refractivity contribution is 0.0698. The molecule has 0 aliphatic heterocycles. The molecule has 2 heterocycles. The van der Waals surface area contributed by atoms with E-state index in [0.29, 0.717) is 11.1 Å². The van der Waals surface area contributed by atoms with E-state index < -0.39 is 11.8 Å². The molecule has 0 aliphatic carbocycles. The third-order valence-electron chi connectivity index (χ3n) is 3.17. The number of benzene rings is 1. The van der Waals surface area contributed by atoms with Crippen molar-refractivity contribution < 1.29 is 19.0 Å². The fraction of sp³-hybridized carbons (Fsp3) is 0.0714. The number of hydrogen-bond donors (Lipinski definition) is 2. The van der Waals surface area contributed by atoms with E-state index in [2.05, 4.69) is 10.1 Å². The first kappa shape index (κ1) is 13.8. The van der Waals surface area contributed by atoms with Gasteiger partial charge in [0.05, 0.1) is 7.11 Å². The van der Waals surface area contributed by atoms with E-state index in [1.165, 1.54) is 36.0 Å². The number of anilines is 1. The van der Waals surface area contributed by atoms with E-state index in [9.17, 15) is 14.3 Å². The number of ether oxygens (including phenoxy) is 1.